The van der Waals surface area contributed by atoms with Gasteiger partial charge >= 0.3 is 0 Å². The van der Waals surface area contributed by atoms with Crippen LogP contribution in [0.25, 0.3) is 0 Å². The molecule has 3 heteroatoms. The van der Waals surface area contributed by atoms with Crippen molar-refractivity contribution in [1.29, 1.82) is 0 Å². The molecule has 2 rings (SSSR count). The van der Waals surface area contributed by atoms with Gasteiger partial charge in [-0.25, -0.2) is 5.84 Å². The highest BCUT2D eigenvalue weighted by molar-refractivity contribution is 5.20. The molecule has 2 saturated carbocycles. The van der Waals surface area contributed by atoms with Crippen LogP contribution < -0.4 is 11.6 Å². The number of rotatable bonds is 5. The van der Waals surface area contributed by atoms with Crippen LogP contribution in [0.3, 0.4) is 0 Å². The first-order valence-electron chi connectivity index (χ1n) is 6.27. The molecular weight excluding hydrogens is 198 g/mol. The molecule has 0 aromatic rings. The minimum atomic E-state index is 0.287. The van der Waals surface area contributed by atoms with Gasteiger partial charge in [-0.2, -0.15) is 0 Å². The zero-order valence-corrected chi connectivity index (χ0v) is 10.3. The zero-order valence-electron chi connectivity index (χ0n) is 10.3. The molecule has 2 aliphatic carbocycles. The van der Waals surface area contributed by atoms with Crippen molar-refractivity contribution in [3.05, 3.63) is 23.5 Å². The van der Waals surface area contributed by atoms with Crippen molar-refractivity contribution in [2.45, 2.75) is 45.6 Å². The molecule has 1 unspecified atom stereocenters. The third-order valence-electron chi connectivity index (χ3n) is 3.32. The van der Waals surface area contributed by atoms with E-state index in [4.69, 9.17) is 11.6 Å². The molecule has 1 atom stereocenters. The van der Waals surface area contributed by atoms with E-state index in [1.807, 2.05) is 6.20 Å². The Morgan fingerprint density at radius 3 is 2.44 bits per heavy atom. The second kappa shape index (κ2) is 4.50. The summed E-state index contributed by atoms with van der Waals surface area (Å²) >= 11 is 0. The van der Waals surface area contributed by atoms with Crippen molar-refractivity contribution >= 4 is 0 Å². The Hall–Kier alpha value is -0.960. The Labute approximate surface area is 98.1 Å². The summed E-state index contributed by atoms with van der Waals surface area (Å²) < 4.78 is 0. The van der Waals surface area contributed by atoms with Gasteiger partial charge in [0.15, 0.2) is 0 Å². The van der Waals surface area contributed by atoms with Gasteiger partial charge in [0, 0.05) is 17.8 Å². The van der Waals surface area contributed by atoms with Crippen LogP contribution in [0.2, 0.25) is 0 Å². The molecule has 2 fully saturated rings. The minimum Gasteiger partial charge on any atom is -0.401 e. The number of hydrogen-bond acceptors (Lipinski definition) is 3. The molecule has 90 valence electrons. The van der Waals surface area contributed by atoms with Crippen LogP contribution >= 0.6 is 0 Å². The highest BCUT2D eigenvalue weighted by atomic mass is 15.4. The van der Waals surface area contributed by atoms with Crippen molar-refractivity contribution < 1.29 is 0 Å². The van der Waals surface area contributed by atoms with Gasteiger partial charge < -0.3 is 10.7 Å². The van der Waals surface area contributed by atoms with E-state index in [0.29, 0.717) is 11.8 Å². The SMILES string of the molecule is CC(C)C(C=C1CC1)N(N)/C=C(\N)C1CC1. The molecule has 2 aliphatic rings. The van der Waals surface area contributed by atoms with Crippen molar-refractivity contribution in [2.24, 2.45) is 23.4 Å². The van der Waals surface area contributed by atoms with E-state index < -0.39 is 0 Å². The largest absolute Gasteiger partial charge is 0.401 e. The first-order valence-corrected chi connectivity index (χ1v) is 6.27. The number of hydrogen-bond donors (Lipinski definition) is 2. The van der Waals surface area contributed by atoms with Crippen molar-refractivity contribution in [3.8, 4) is 0 Å². The Balaban J connectivity index is 2.00. The number of hydrazine groups is 1. The summed E-state index contributed by atoms with van der Waals surface area (Å²) in [6, 6.07) is 0.287. The fourth-order valence-electron chi connectivity index (χ4n) is 1.88. The standard InChI is InChI=1S/C13H23N3/c1-9(2)13(7-10-3-4-10)16(15)8-12(14)11-5-6-11/h7-9,11,13H,3-6,14-15H2,1-2H3/b12-8-. The lowest BCUT2D eigenvalue weighted by Gasteiger charge is -2.27. The summed E-state index contributed by atoms with van der Waals surface area (Å²) in [6.07, 6.45) is 9.19. The monoisotopic (exact) mass is 221 g/mol. The summed E-state index contributed by atoms with van der Waals surface area (Å²) in [6.45, 7) is 4.40. The number of allylic oxidation sites excluding steroid dienone is 2. The first-order chi connectivity index (χ1) is 7.58. The molecule has 0 aliphatic heterocycles. The van der Waals surface area contributed by atoms with Gasteiger partial charge in [-0.05, 0) is 31.6 Å². The molecule has 16 heavy (non-hydrogen) atoms. The molecule has 4 N–H and O–H groups in total. The molecule has 0 amide bonds. The summed E-state index contributed by atoms with van der Waals surface area (Å²) in [5.74, 6) is 7.20. The van der Waals surface area contributed by atoms with E-state index in [1.165, 1.54) is 31.3 Å². The first kappa shape index (κ1) is 11.5. The third kappa shape index (κ3) is 3.01. The maximum Gasteiger partial charge on any atom is 0.0652 e. The number of nitrogens with zero attached hydrogens (tertiary/aromatic N) is 1. The topological polar surface area (TPSA) is 55.3 Å². The second-order valence-corrected chi connectivity index (χ2v) is 5.41. The Morgan fingerprint density at radius 1 is 1.38 bits per heavy atom. The molecular formula is C13H23N3. The maximum absolute atomic E-state index is 6.09. The van der Waals surface area contributed by atoms with E-state index in [9.17, 15) is 0 Å². The van der Waals surface area contributed by atoms with Gasteiger partial charge in [-0.3, -0.25) is 0 Å². The molecule has 0 bridgehead atoms. The molecule has 0 saturated heterocycles. The van der Waals surface area contributed by atoms with Crippen LogP contribution in [0.5, 0.6) is 0 Å². The van der Waals surface area contributed by atoms with Crippen LogP contribution in [0, 0.1) is 11.8 Å². The third-order valence-corrected chi connectivity index (χ3v) is 3.32. The Kier molecular flexibility index (Phi) is 3.24. The van der Waals surface area contributed by atoms with Gasteiger partial charge in [0.25, 0.3) is 0 Å². The average molecular weight is 221 g/mol. The van der Waals surface area contributed by atoms with E-state index in [1.54, 1.807) is 5.01 Å². The van der Waals surface area contributed by atoms with E-state index in [2.05, 4.69) is 19.9 Å². The average Bonchev–Trinajstić information content (AvgIpc) is 3.04. The normalized spacial score (nSPS) is 22.2. The van der Waals surface area contributed by atoms with E-state index in [-0.39, 0.29) is 6.04 Å². The van der Waals surface area contributed by atoms with E-state index in [0.717, 1.165) is 5.70 Å². The predicted molar refractivity (Wildman–Crippen MR) is 67.0 cm³/mol. The second-order valence-electron chi connectivity index (χ2n) is 5.41. The van der Waals surface area contributed by atoms with Gasteiger partial charge in [0.1, 0.15) is 0 Å². The van der Waals surface area contributed by atoms with Crippen LogP contribution in [0.4, 0.5) is 0 Å². The lowest BCUT2D eigenvalue weighted by molar-refractivity contribution is 0.267. The molecule has 0 aromatic heterocycles. The van der Waals surface area contributed by atoms with Crippen LogP contribution in [0.1, 0.15) is 39.5 Å². The molecule has 0 heterocycles. The van der Waals surface area contributed by atoms with Crippen molar-refractivity contribution in [2.75, 3.05) is 0 Å². The van der Waals surface area contributed by atoms with Crippen LogP contribution in [0.15, 0.2) is 23.5 Å². The van der Waals surface area contributed by atoms with Gasteiger partial charge in [-0.1, -0.05) is 25.5 Å². The summed E-state index contributed by atoms with van der Waals surface area (Å²) in [4.78, 5) is 0. The predicted octanol–water partition coefficient (Wildman–Crippen LogP) is 2.12. The van der Waals surface area contributed by atoms with Crippen molar-refractivity contribution in [1.82, 2.24) is 5.01 Å². The van der Waals surface area contributed by atoms with Crippen LogP contribution in [-0.4, -0.2) is 11.1 Å². The smallest absolute Gasteiger partial charge is 0.0652 e. The molecule has 0 aromatic carbocycles. The summed E-state index contributed by atoms with van der Waals surface area (Å²) in [5.41, 5.74) is 8.46. The quantitative estimate of drug-likeness (QED) is 0.425. The molecule has 0 radical (unpaired) electrons. The highest BCUT2D eigenvalue weighted by Gasteiger charge is 2.26. The lowest BCUT2D eigenvalue weighted by atomic mass is 10.0. The summed E-state index contributed by atoms with van der Waals surface area (Å²) in [5, 5.41) is 1.80. The Bertz CT molecular complexity index is 307. The molecule has 0 spiro atoms. The molecule has 3 nitrogen and oxygen atoms in total. The highest BCUT2D eigenvalue weighted by Crippen LogP contribution is 2.34. The fraction of sp³-hybridized carbons (Fsp3) is 0.692. The Morgan fingerprint density at radius 2 is 2.00 bits per heavy atom. The van der Waals surface area contributed by atoms with Crippen LogP contribution in [-0.2, 0) is 0 Å². The van der Waals surface area contributed by atoms with E-state index >= 15 is 0 Å². The van der Waals surface area contributed by atoms with Gasteiger partial charge in [-0.15, -0.1) is 0 Å². The lowest BCUT2D eigenvalue weighted by Crippen LogP contribution is -2.39. The minimum absolute atomic E-state index is 0.287. The number of nitrogens with two attached hydrogens (primary N) is 2. The van der Waals surface area contributed by atoms with Crippen molar-refractivity contribution in [3.63, 3.8) is 0 Å². The summed E-state index contributed by atoms with van der Waals surface area (Å²) in [7, 11) is 0. The van der Waals surface area contributed by atoms with Gasteiger partial charge in [0.05, 0.1) is 6.04 Å². The zero-order chi connectivity index (χ0) is 11.7. The van der Waals surface area contributed by atoms with Gasteiger partial charge in [0.2, 0.25) is 0 Å². The maximum atomic E-state index is 6.09. The fourth-order valence-corrected chi connectivity index (χ4v) is 1.88.